The van der Waals surface area contributed by atoms with Crippen LogP contribution >= 0.6 is 0 Å². The molecule has 3 aromatic rings. The Morgan fingerprint density at radius 2 is 1.56 bits per heavy atom. The molecule has 0 aliphatic carbocycles. The van der Waals surface area contributed by atoms with Gasteiger partial charge < -0.3 is 10.1 Å². The lowest BCUT2D eigenvalue weighted by Gasteiger charge is -2.26. The molecule has 4 rings (SSSR count). The van der Waals surface area contributed by atoms with E-state index in [-0.39, 0.29) is 10.8 Å². The van der Waals surface area contributed by atoms with Crippen molar-refractivity contribution < 1.29 is 17.9 Å². The highest BCUT2D eigenvalue weighted by Gasteiger charge is 2.16. The number of aryl methyl sites for hydroxylation is 1. The average Bonchev–Trinajstić information content (AvgIpc) is 2.85. The largest absolute Gasteiger partial charge is 0.379 e. The van der Waals surface area contributed by atoms with Crippen molar-refractivity contribution in [1.29, 1.82) is 0 Å². The minimum Gasteiger partial charge on any atom is -0.379 e. The maximum Gasteiger partial charge on any atom is 0.261 e. The lowest BCUT2D eigenvalue weighted by atomic mass is 10.1. The maximum absolute atomic E-state index is 12.7. The van der Waals surface area contributed by atoms with Crippen LogP contribution in [0.3, 0.4) is 0 Å². The SMILES string of the molecule is Cc1ccccc1NS(=O)(=O)c1ccc(C(=O)NCc2ccc(CN3CCOCC3)cc2)cc1. The van der Waals surface area contributed by atoms with Gasteiger partial charge in [0, 0.05) is 31.7 Å². The second kappa shape index (κ2) is 10.8. The van der Waals surface area contributed by atoms with Gasteiger partial charge in [-0.05, 0) is 53.9 Å². The molecule has 0 saturated carbocycles. The fourth-order valence-electron chi connectivity index (χ4n) is 3.74. The number of hydrogen-bond acceptors (Lipinski definition) is 5. The van der Waals surface area contributed by atoms with Gasteiger partial charge in [0.25, 0.3) is 15.9 Å². The fraction of sp³-hybridized carbons (Fsp3) is 0.269. The molecular weight excluding hydrogens is 450 g/mol. The first-order valence-corrected chi connectivity index (χ1v) is 12.7. The van der Waals surface area contributed by atoms with Crippen molar-refractivity contribution in [2.24, 2.45) is 0 Å². The van der Waals surface area contributed by atoms with E-state index < -0.39 is 10.0 Å². The minimum atomic E-state index is -3.74. The fourth-order valence-corrected chi connectivity index (χ4v) is 4.87. The molecule has 0 radical (unpaired) electrons. The normalized spacial score (nSPS) is 14.5. The van der Waals surface area contributed by atoms with E-state index in [2.05, 4.69) is 27.1 Å². The molecule has 1 aliphatic rings. The number of anilines is 1. The molecule has 34 heavy (non-hydrogen) atoms. The van der Waals surface area contributed by atoms with Crippen LogP contribution in [0.15, 0.2) is 77.7 Å². The van der Waals surface area contributed by atoms with Crippen LogP contribution in [-0.4, -0.2) is 45.5 Å². The molecule has 7 nitrogen and oxygen atoms in total. The maximum atomic E-state index is 12.7. The van der Waals surface area contributed by atoms with E-state index in [9.17, 15) is 13.2 Å². The number of hydrogen-bond donors (Lipinski definition) is 2. The Kier molecular flexibility index (Phi) is 7.62. The summed E-state index contributed by atoms with van der Waals surface area (Å²) < 4.78 is 33.3. The van der Waals surface area contributed by atoms with Gasteiger partial charge in [-0.3, -0.25) is 14.4 Å². The Morgan fingerprint density at radius 3 is 2.24 bits per heavy atom. The lowest BCUT2D eigenvalue weighted by molar-refractivity contribution is 0.0342. The molecule has 3 aromatic carbocycles. The first kappa shape index (κ1) is 23.9. The summed E-state index contributed by atoms with van der Waals surface area (Å²) in [4.78, 5) is 15.0. The van der Waals surface area contributed by atoms with Gasteiger partial charge in [0.05, 0.1) is 23.8 Å². The van der Waals surface area contributed by atoms with E-state index in [0.717, 1.165) is 44.0 Å². The molecule has 1 saturated heterocycles. The van der Waals surface area contributed by atoms with Crippen molar-refractivity contribution >= 4 is 21.6 Å². The van der Waals surface area contributed by atoms with Crippen LogP contribution < -0.4 is 10.0 Å². The van der Waals surface area contributed by atoms with Crippen LogP contribution in [0, 0.1) is 6.92 Å². The van der Waals surface area contributed by atoms with Gasteiger partial charge in [-0.15, -0.1) is 0 Å². The van der Waals surface area contributed by atoms with Crippen LogP contribution in [0.2, 0.25) is 0 Å². The number of carbonyl (C=O) groups excluding carboxylic acids is 1. The molecule has 1 aliphatic heterocycles. The number of morpholine rings is 1. The van der Waals surface area contributed by atoms with E-state index in [1.54, 1.807) is 12.1 Å². The van der Waals surface area contributed by atoms with Gasteiger partial charge in [0.2, 0.25) is 0 Å². The monoisotopic (exact) mass is 479 g/mol. The predicted molar refractivity (Wildman–Crippen MR) is 132 cm³/mol. The number of para-hydroxylation sites is 1. The van der Waals surface area contributed by atoms with Crippen molar-refractivity contribution in [2.45, 2.75) is 24.9 Å². The van der Waals surface area contributed by atoms with E-state index in [4.69, 9.17) is 4.74 Å². The zero-order valence-electron chi connectivity index (χ0n) is 19.2. The highest BCUT2D eigenvalue weighted by molar-refractivity contribution is 7.92. The molecule has 0 spiro atoms. The number of amides is 1. The number of nitrogens with one attached hydrogen (secondary N) is 2. The highest BCUT2D eigenvalue weighted by Crippen LogP contribution is 2.19. The third-order valence-electron chi connectivity index (χ3n) is 5.80. The zero-order valence-corrected chi connectivity index (χ0v) is 20.0. The quantitative estimate of drug-likeness (QED) is 0.516. The number of nitrogens with zero attached hydrogens (tertiary/aromatic N) is 1. The Morgan fingerprint density at radius 1 is 0.912 bits per heavy atom. The predicted octanol–water partition coefficient (Wildman–Crippen LogP) is 3.56. The highest BCUT2D eigenvalue weighted by atomic mass is 32.2. The molecule has 1 amide bonds. The Hall–Kier alpha value is -3.20. The lowest BCUT2D eigenvalue weighted by Crippen LogP contribution is -2.35. The summed E-state index contributed by atoms with van der Waals surface area (Å²) in [5, 5.41) is 2.89. The van der Waals surface area contributed by atoms with Crippen molar-refractivity contribution in [1.82, 2.24) is 10.2 Å². The van der Waals surface area contributed by atoms with Crippen molar-refractivity contribution in [2.75, 3.05) is 31.0 Å². The van der Waals surface area contributed by atoms with Gasteiger partial charge in [-0.2, -0.15) is 0 Å². The molecule has 0 bridgehead atoms. The van der Waals surface area contributed by atoms with Gasteiger partial charge in [0.1, 0.15) is 0 Å². The summed E-state index contributed by atoms with van der Waals surface area (Å²) in [7, 11) is -3.74. The molecule has 2 N–H and O–H groups in total. The number of ether oxygens (including phenoxy) is 1. The number of rotatable bonds is 8. The first-order chi connectivity index (χ1) is 16.4. The smallest absolute Gasteiger partial charge is 0.261 e. The second-order valence-corrected chi connectivity index (χ2v) is 10.0. The number of sulfonamides is 1. The molecule has 178 valence electrons. The summed E-state index contributed by atoms with van der Waals surface area (Å²) >= 11 is 0. The third kappa shape index (κ3) is 6.22. The van der Waals surface area contributed by atoms with Gasteiger partial charge in [-0.25, -0.2) is 8.42 Å². The van der Waals surface area contributed by atoms with E-state index in [1.807, 2.05) is 31.2 Å². The Bertz CT molecular complexity index is 1220. The van der Waals surface area contributed by atoms with Crippen molar-refractivity contribution in [3.63, 3.8) is 0 Å². The summed E-state index contributed by atoms with van der Waals surface area (Å²) in [6, 6.07) is 21.3. The first-order valence-electron chi connectivity index (χ1n) is 11.3. The van der Waals surface area contributed by atoms with Crippen molar-refractivity contribution in [3.8, 4) is 0 Å². The molecular formula is C26H29N3O4S. The number of carbonyl (C=O) groups is 1. The molecule has 0 atom stereocenters. The summed E-state index contributed by atoms with van der Waals surface area (Å²) in [5.41, 5.74) is 3.99. The Balaban J connectivity index is 1.31. The summed E-state index contributed by atoms with van der Waals surface area (Å²) in [6.45, 7) is 6.57. The van der Waals surface area contributed by atoms with Crippen molar-refractivity contribution in [3.05, 3.63) is 95.1 Å². The van der Waals surface area contributed by atoms with Gasteiger partial charge in [-0.1, -0.05) is 42.5 Å². The summed E-state index contributed by atoms with van der Waals surface area (Å²) in [5.74, 6) is -0.256. The van der Waals surface area contributed by atoms with Crippen LogP contribution in [0.4, 0.5) is 5.69 Å². The molecule has 8 heteroatoms. The number of benzene rings is 3. The van der Waals surface area contributed by atoms with Crippen LogP contribution in [0.25, 0.3) is 0 Å². The van der Waals surface area contributed by atoms with Gasteiger partial charge in [0.15, 0.2) is 0 Å². The van der Waals surface area contributed by atoms with Crippen LogP contribution in [0.1, 0.15) is 27.0 Å². The third-order valence-corrected chi connectivity index (χ3v) is 7.18. The molecule has 1 heterocycles. The van der Waals surface area contributed by atoms with Crippen LogP contribution in [0.5, 0.6) is 0 Å². The molecule has 0 aromatic heterocycles. The van der Waals surface area contributed by atoms with Gasteiger partial charge >= 0.3 is 0 Å². The minimum absolute atomic E-state index is 0.100. The topological polar surface area (TPSA) is 87.7 Å². The Labute approximate surface area is 200 Å². The van der Waals surface area contributed by atoms with E-state index >= 15 is 0 Å². The molecule has 1 fully saturated rings. The van der Waals surface area contributed by atoms with E-state index in [0.29, 0.717) is 17.8 Å². The van der Waals surface area contributed by atoms with E-state index in [1.165, 1.54) is 29.8 Å². The second-order valence-electron chi connectivity index (χ2n) is 8.33. The standard InChI is InChI=1S/C26H29N3O4S/c1-20-4-2-3-5-25(20)28-34(31,32)24-12-10-23(11-13-24)26(30)27-18-21-6-8-22(9-7-21)19-29-14-16-33-17-15-29/h2-13,28H,14-19H2,1H3,(H,27,30). The summed E-state index contributed by atoms with van der Waals surface area (Å²) in [6.07, 6.45) is 0. The average molecular weight is 480 g/mol. The van der Waals surface area contributed by atoms with Crippen LogP contribution in [-0.2, 0) is 27.8 Å². The molecule has 0 unspecified atom stereocenters. The zero-order chi connectivity index (χ0) is 24.0.